The fourth-order valence-electron chi connectivity index (χ4n) is 3.89. The third-order valence-electron chi connectivity index (χ3n) is 5.64. The normalized spacial score (nSPS) is 14.5. The van der Waals surface area contributed by atoms with Crippen LogP contribution in [0.1, 0.15) is 43.6 Å². The number of aromatic nitrogens is 2. The van der Waals surface area contributed by atoms with Gasteiger partial charge in [0.2, 0.25) is 5.91 Å². The van der Waals surface area contributed by atoms with Crippen LogP contribution in [0, 0.1) is 0 Å². The van der Waals surface area contributed by atoms with Crippen LogP contribution in [0.5, 0.6) is 0 Å². The van der Waals surface area contributed by atoms with E-state index < -0.39 is 5.69 Å². The molecule has 6 nitrogen and oxygen atoms in total. The van der Waals surface area contributed by atoms with E-state index >= 15 is 0 Å². The molecule has 2 aromatic heterocycles. The minimum absolute atomic E-state index is 0.0161. The number of carbonyl (C=O) groups is 1. The molecule has 1 aromatic carbocycles. The van der Waals surface area contributed by atoms with Crippen molar-refractivity contribution in [3.8, 4) is 5.69 Å². The minimum Gasteiger partial charge on any atom is -0.352 e. The highest BCUT2D eigenvalue weighted by Gasteiger charge is 2.25. The average molecular weight is 446 g/mol. The van der Waals surface area contributed by atoms with Crippen LogP contribution in [-0.4, -0.2) is 21.1 Å². The van der Waals surface area contributed by atoms with E-state index in [4.69, 9.17) is 11.6 Å². The molecule has 1 aliphatic rings. The Bertz CT molecular complexity index is 1220. The molecule has 158 valence electrons. The number of thiophene rings is 1. The molecule has 0 saturated heterocycles. The lowest BCUT2D eigenvalue weighted by atomic mass is 9.97. The second-order valence-electron chi connectivity index (χ2n) is 7.75. The Morgan fingerprint density at radius 1 is 1.20 bits per heavy atom. The molecule has 1 N–H and O–H groups in total. The zero-order valence-corrected chi connectivity index (χ0v) is 18.6. The number of carbonyl (C=O) groups excluding carboxylic acids is 1. The Hall–Kier alpha value is -2.38. The Balaban J connectivity index is 1.96. The SMILES string of the molecule is CC[C@H](C)NC(=O)Cn1c(=O)n(-c2ccc(Cl)cc2)c(=O)c2c3c(sc21)CCCC3. The number of benzene rings is 1. The quantitative estimate of drug-likeness (QED) is 0.651. The number of aryl methyl sites for hydroxylation is 2. The van der Waals surface area contributed by atoms with Gasteiger partial charge in [0.25, 0.3) is 5.56 Å². The molecule has 1 atom stereocenters. The zero-order chi connectivity index (χ0) is 21.4. The Kier molecular flexibility index (Phi) is 5.84. The Labute approximate surface area is 183 Å². The maximum Gasteiger partial charge on any atom is 0.337 e. The molecule has 8 heteroatoms. The maximum absolute atomic E-state index is 13.5. The van der Waals surface area contributed by atoms with Gasteiger partial charge in [0.15, 0.2) is 0 Å². The van der Waals surface area contributed by atoms with E-state index in [1.165, 1.54) is 15.9 Å². The van der Waals surface area contributed by atoms with Gasteiger partial charge in [0.05, 0.1) is 11.1 Å². The lowest BCUT2D eigenvalue weighted by molar-refractivity contribution is -0.122. The molecule has 3 aromatic rings. The number of rotatable bonds is 5. The van der Waals surface area contributed by atoms with E-state index in [1.807, 2.05) is 13.8 Å². The summed E-state index contributed by atoms with van der Waals surface area (Å²) in [5.74, 6) is -0.236. The minimum atomic E-state index is -0.507. The topological polar surface area (TPSA) is 73.1 Å². The molecular formula is C22H24ClN3O3S. The first-order valence-electron chi connectivity index (χ1n) is 10.3. The van der Waals surface area contributed by atoms with E-state index in [2.05, 4.69) is 5.32 Å². The molecule has 0 aliphatic heterocycles. The fourth-order valence-corrected chi connectivity index (χ4v) is 5.39. The van der Waals surface area contributed by atoms with Crippen LogP contribution in [0.4, 0.5) is 0 Å². The van der Waals surface area contributed by atoms with Gasteiger partial charge in [-0.3, -0.25) is 14.2 Å². The van der Waals surface area contributed by atoms with Crippen LogP contribution >= 0.6 is 22.9 Å². The first-order chi connectivity index (χ1) is 14.4. The molecular weight excluding hydrogens is 422 g/mol. The van der Waals surface area contributed by atoms with Crippen molar-refractivity contribution < 1.29 is 4.79 Å². The second kappa shape index (κ2) is 8.40. The van der Waals surface area contributed by atoms with E-state index in [1.54, 1.807) is 24.3 Å². The monoisotopic (exact) mass is 445 g/mol. The van der Waals surface area contributed by atoms with Crippen LogP contribution in [-0.2, 0) is 24.2 Å². The Morgan fingerprint density at radius 3 is 2.60 bits per heavy atom. The van der Waals surface area contributed by atoms with E-state index in [0.29, 0.717) is 20.9 Å². The number of halogens is 1. The van der Waals surface area contributed by atoms with Crippen LogP contribution in [0.3, 0.4) is 0 Å². The lowest BCUT2D eigenvalue weighted by Gasteiger charge is -2.15. The fraction of sp³-hybridized carbons (Fsp3) is 0.409. The van der Waals surface area contributed by atoms with E-state index in [0.717, 1.165) is 47.1 Å². The summed E-state index contributed by atoms with van der Waals surface area (Å²) in [6.07, 6.45) is 4.62. The highest BCUT2D eigenvalue weighted by molar-refractivity contribution is 7.18. The van der Waals surface area contributed by atoms with Gasteiger partial charge in [-0.05, 0) is 68.9 Å². The lowest BCUT2D eigenvalue weighted by Crippen LogP contribution is -2.42. The summed E-state index contributed by atoms with van der Waals surface area (Å²) in [4.78, 5) is 41.2. The summed E-state index contributed by atoms with van der Waals surface area (Å²) >= 11 is 7.47. The van der Waals surface area contributed by atoms with Gasteiger partial charge in [0, 0.05) is 15.9 Å². The largest absolute Gasteiger partial charge is 0.352 e. The number of hydrogen-bond acceptors (Lipinski definition) is 4. The molecule has 0 bridgehead atoms. The van der Waals surface area contributed by atoms with Crippen molar-refractivity contribution in [2.24, 2.45) is 0 Å². The van der Waals surface area contributed by atoms with Gasteiger partial charge >= 0.3 is 5.69 Å². The smallest absolute Gasteiger partial charge is 0.337 e. The number of nitrogens with one attached hydrogen (secondary N) is 1. The summed E-state index contributed by atoms with van der Waals surface area (Å²) in [5, 5.41) is 4.01. The summed E-state index contributed by atoms with van der Waals surface area (Å²) in [6, 6.07) is 6.62. The predicted octanol–water partition coefficient (Wildman–Crippen LogP) is 3.66. The first-order valence-corrected chi connectivity index (χ1v) is 11.5. The van der Waals surface area contributed by atoms with Crippen LogP contribution in [0.15, 0.2) is 33.9 Å². The molecule has 0 saturated carbocycles. The molecule has 0 spiro atoms. The van der Waals surface area contributed by atoms with Gasteiger partial charge in [0.1, 0.15) is 11.4 Å². The molecule has 4 rings (SSSR count). The van der Waals surface area contributed by atoms with Gasteiger partial charge in [-0.15, -0.1) is 11.3 Å². The zero-order valence-electron chi connectivity index (χ0n) is 17.0. The molecule has 1 amide bonds. The van der Waals surface area contributed by atoms with Crippen molar-refractivity contribution in [3.05, 3.63) is 60.6 Å². The van der Waals surface area contributed by atoms with Crippen LogP contribution in [0.25, 0.3) is 15.9 Å². The third-order valence-corrected chi connectivity index (χ3v) is 7.21. The standard InChI is InChI=1S/C22H24ClN3O3S/c1-3-13(2)24-18(27)12-25-21-19(16-6-4-5-7-17(16)30-21)20(28)26(22(25)29)15-10-8-14(23)9-11-15/h8-11,13H,3-7,12H2,1-2H3,(H,24,27)/t13-/m0/s1. The third kappa shape index (κ3) is 3.72. The van der Waals surface area contributed by atoms with Crippen LogP contribution in [0.2, 0.25) is 5.02 Å². The van der Waals surface area contributed by atoms with Crippen molar-refractivity contribution in [3.63, 3.8) is 0 Å². The molecule has 2 heterocycles. The second-order valence-corrected chi connectivity index (χ2v) is 9.27. The number of amides is 1. The van der Waals surface area contributed by atoms with Crippen molar-refractivity contribution in [2.75, 3.05) is 0 Å². The highest BCUT2D eigenvalue weighted by atomic mass is 35.5. The summed E-state index contributed by atoms with van der Waals surface area (Å²) < 4.78 is 2.61. The maximum atomic E-state index is 13.5. The van der Waals surface area contributed by atoms with Gasteiger partial charge in [-0.1, -0.05) is 18.5 Å². The molecule has 1 aliphatic carbocycles. The molecule has 30 heavy (non-hydrogen) atoms. The van der Waals surface area contributed by atoms with Gasteiger partial charge in [-0.2, -0.15) is 0 Å². The van der Waals surface area contributed by atoms with Gasteiger partial charge in [-0.25, -0.2) is 9.36 Å². The Morgan fingerprint density at radius 2 is 1.90 bits per heavy atom. The number of fused-ring (bicyclic) bond motifs is 3. The molecule has 0 radical (unpaired) electrons. The first kappa shape index (κ1) is 20.9. The average Bonchev–Trinajstić information content (AvgIpc) is 3.12. The summed E-state index contributed by atoms with van der Waals surface area (Å²) in [5.41, 5.74) is 0.649. The van der Waals surface area contributed by atoms with Crippen molar-refractivity contribution in [2.45, 2.75) is 58.5 Å². The number of hydrogen-bond donors (Lipinski definition) is 1. The summed E-state index contributed by atoms with van der Waals surface area (Å²) in [6.45, 7) is 3.80. The van der Waals surface area contributed by atoms with Crippen LogP contribution < -0.4 is 16.6 Å². The van der Waals surface area contributed by atoms with E-state index in [9.17, 15) is 14.4 Å². The van der Waals surface area contributed by atoms with Gasteiger partial charge < -0.3 is 5.32 Å². The van der Waals surface area contributed by atoms with Crippen molar-refractivity contribution in [1.82, 2.24) is 14.5 Å². The summed E-state index contributed by atoms with van der Waals surface area (Å²) in [7, 11) is 0. The molecule has 0 unspecified atom stereocenters. The van der Waals surface area contributed by atoms with Crippen molar-refractivity contribution >= 4 is 39.1 Å². The predicted molar refractivity (Wildman–Crippen MR) is 121 cm³/mol. The van der Waals surface area contributed by atoms with E-state index in [-0.39, 0.29) is 24.1 Å². The molecule has 0 fully saturated rings. The number of nitrogens with zero attached hydrogens (tertiary/aromatic N) is 2. The highest BCUT2D eigenvalue weighted by Crippen LogP contribution is 2.34. The van der Waals surface area contributed by atoms with Crippen molar-refractivity contribution in [1.29, 1.82) is 0 Å².